The standard InChI is InChI=1S/C25H28N4O2/c1-18-6-7-19(2)23(16-18)26-24(30)17-29-25(31)13-12-22(27-29)20-8-10-21(11-9-20)28-14-4-3-5-15-28/h6-13,16H,3-5,14-15,17H2,1-2H3,(H,26,30). The summed E-state index contributed by atoms with van der Waals surface area (Å²) in [5.41, 5.74) is 5.29. The second kappa shape index (κ2) is 9.16. The molecule has 0 aliphatic carbocycles. The van der Waals surface area contributed by atoms with Gasteiger partial charge in [0.25, 0.3) is 5.56 Å². The number of hydrogen-bond acceptors (Lipinski definition) is 4. The Balaban J connectivity index is 1.49. The molecule has 1 N–H and O–H groups in total. The van der Waals surface area contributed by atoms with Crippen molar-refractivity contribution in [2.75, 3.05) is 23.3 Å². The molecule has 31 heavy (non-hydrogen) atoms. The zero-order chi connectivity index (χ0) is 21.8. The van der Waals surface area contributed by atoms with E-state index in [0.29, 0.717) is 5.69 Å². The Morgan fingerprint density at radius 1 is 0.968 bits per heavy atom. The molecule has 1 aliphatic rings. The van der Waals surface area contributed by atoms with E-state index in [1.807, 2.05) is 44.2 Å². The lowest BCUT2D eigenvalue weighted by Crippen LogP contribution is -2.29. The molecular weight excluding hydrogens is 388 g/mol. The fraction of sp³-hybridized carbons (Fsp3) is 0.320. The van der Waals surface area contributed by atoms with Crippen LogP contribution in [0.25, 0.3) is 11.3 Å². The van der Waals surface area contributed by atoms with E-state index in [-0.39, 0.29) is 18.0 Å². The first-order valence-electron chi connectivity index (χ1n) is 10.8. The molecule has 1 fully saturated rings. The van der Waals surface area contributed by atoms with Crippen molar-refractivity contribution in [2.24, 2.45) is 0 Å². The van der Waals surface area contributed by atoms with E-state index >= 15 is 0 Å². The second-order valence-electron chi connectivity index (χ2n) is 8.18. The van der Waals surface area contributed by atoms with Crippen molar-refractivity contribution in [3.8, 4) is 11.3 Å². The predicted molar refractivity (Wildman–Crippen MR) is 125 cm³/mol. The number of nitrogens with one attached hydrogen (secondary N) is 1. The summed E-state index contributed by atoms with van der Waals surface area (Å²) in [6.07, 6.45) is 3.77. The number of aromatic nitrogens is 2. The Hall–Kier alpha value is -3.41. The summed E-state index contributed by atoms with van der Waals surface area (Å²) in [6.45, 7) is 5.97. The Labute approximate surface area is 182 Å². The van der Waals surface area contributed by atoms with Gasteiger partial charge in [-0.2, -0.15) is 5.10 Å². The highest BCUT2D eigenvalue weighted by atomic mass is 16.2. The molecule has 0 radical (unpaired) electrons. The van der Waals surface area contributed by atoms with Gasteiger partial charge in [-0.05, 0) is 68.5 Å². The Bertz CT molecular complexity index is 1130. The quantitative estimate of drug-likeness (QED) is 0.678. The third-order valence-electron chi connectivity index (χ3n) is 5.71. The van der Waals surface area contributed by atoms with E-state index in [0.717, 1.165) is 35.5 Å². The zero-order valence-electron chi connectivity index (χ0n) is 18.1. The second-order valence-corrected chi connectivity index (χ2v) is 8.18. The van der Waals surface area contributed by atoms with Crippen LogP contribution in [0.5, 0.6) is 0 Å². The van der Waals surface area contributed by atoms with Crippen LogP contribution in [0.2, 0.25) is 0 Å². The van der Waals surface area contributed by atoms with Gasteiger partial charge < -0.3 is 10.2 Å². The largest absolute Gasteiger partial charge is 0.372 e. The van der Waals surface area contributed by atoms with E-state index in [1.165, 1.54) is 35.7 Å². The number of benzene rings is 2. The molecule has 0 spiro atoms. The van der Waals surface area contributed by atoms with Gasteiger partial charge >= 0.3 is 0 Å². The van der Waals surface area contributed by atoms with Crippen LogP contribution in [0.15, 0.2) is 59.4 Å². The van der Waals surface area contributed by atoms with Gasteiger partial charge in [0.2, 0.25) is 5.91 Å². The molecule has 6 nitrogen and oxygen atoms in total. The maximum atomic E-state index is 12.5. The Kier molecular flexibility index (Phi) is 6.16. The van der Waals surface area contributed by atoms with Crippen LogP contribution >= 0.6 is 0 Å². The molecule has 0 saturated carbocycles. The van der Waals surface area contributed by atoms with Crippen molar-refractivity contribution in [1.29, 1.82) is 0 Å². The van der Waals surface area contributed by atoms with Crippen LogP contribution in [-0.4, -0.2) is 28.8 Å². The van der Waals surface area contributed by atoms with Gasteiger partial charge in [-0.25, -0.2) is 4.68 Å². The first-order chi connectivity index (χ1) is 15.0. The van der Waals surface area contributed by atoms with Crippen molar-refractivity contribution < 1.29 is 4.79 Å². The highest BCUT2D eigenvalue weighted by Gasteiger charge is 2.12. The number of piperidine rings is 1. The first kappa shape index (κ1) is 20.8. The molecule has 1 saturated heterocycles. The number of aryl methyl sites for hydroxylation is 2. The maximum Gasteiger partial charge on any atom is 0.267 e. The molecule has 2 heterocycles. The summed E-state index contributed by atoms with van der Waals surface area (Å²) in [4.78, 5) is 27.2. The lowest BCUT2D eigenvalue weighted by atomic mass is 10.1. The molecule has 4 rings (SSSR count). The average Bonchev–Trinajstić information content (AvgIpc) is 2.78. The van der Waals surface area contributed by atoms with E-state index in [1.54, 1.807) is 6.07 Å². The fourth-order valence-electron chi connectivity index (χ4n) is 3.91. The molecule has 1 aliphatic heterocycles. The van der Waals surface area contributed by atoms with Gasteiger partial charge in [-0.15, -0.1) is 0 Å². The summed E-state index contributed by atoms with van der Waals surface area (Å²) in [7, 11) is 0. The Morgan fingerprint density at radius 3 is 2.45 bits per heavy atom. The van der Waals surface area contributed by atoms with Crippen molar-refractivity contribution in [1.82, 2.24) is 9.78 Å². The van der Waals surface area contributed by atoms with E-state index in [9.17, 15) is 9.59 Å². The molecule has 160 valence electrons. The summed E-state index contributed by atoms with van der Waals surface area (Å²) < 4.78 is 1.22. The summed E-state index contributed by atoms with van der Waals surface area (Å²) >= 11 is 0. The van der Waals surface area contributed by atoms with Crippen molar-refractivity contribution in [3.63, 3.8) is 0 Å². The molecular formula is C25H28N4O2. The van der Waals surface area contributed by atoms with Crippen LogP contribution in [0, 0.1) is 13.8 Å². The van der Waals surface area contributed by atoms with Gasteiger partial charge in [0.15, 0.2) is 0 Å². The number of hydrogen-bond donors (Lipinski definition) is 1. The monoisotopic (exact) mass is 416 g/mol. The number of amides is 1. The van der Waals surface area contributed by atoms with Crippen molar-refractivity contribution in [3.05, 3.63) is 76.1 Å². The van der Waals surface area contributed by atoms with Crippen LogP contribution < -0.4 is 15.8 Å². The summed E-state index contributed by atoms with van der Waals surface area (Å²) in [5.74, 6) is -0.277. The smallest absolute Gasteiger partial charge is 0.267 e. The predicted octanol–water partition coefficient (Wildman–Crippen LogP) is 4.16. The highest BCUT2D eigenvalue weighted by Crippen LogP contribution is 2.24. The van der Waals surface area contributed by atoms with Gasteiger partial charge in [0, 0.05) is 36.1 Å². The minimum absolute atomic E-state index is 0.133. The summed E-state index contributed by atoms with van der Waals surface area (Å²) in [5, 5.41) is 7.32. The molecule has 1 amide bonds. The molecule has 3 aromatic rings. The molecule has 6 heteroatoms. The third-order valence-corrected chi connectivity index (χ3v) is 5.71. The fourth-order valence-corrected chi connectivity index (χ4v) is 3.91. The maximum absolute atomic E-state index is 12.5. The summed E-state index contributed by atoms with van der Waals surface area (Å²) in [6, 6.07) is 17.3. The van der Waals surface area contributed by atoms with Crippen molar-refractivity contribution in [2.45, 2.75) is 39.7 Å². The van der Waals surface area contributed by atoms with Crippen LogP contribution in [0.4, 0.5) is 11.4 Å². The van der Waals surface area contributed by atoms with Gasteiger partial charge in [0.1, 0.15) is 6.54 Å². The first-order valence-corrected chi connectivity index (χ1v) is 10.8. The number of anilines is 2. The molecule has 0 bridgehead atoms. The van der Waals surface area contributed by atoms with E-state index in [2.05, 4.69) is 27.4 Å². The normalized spacial score (nSPS) is 13.8. The van der Waals surface area contributed by atoms with Gasteiger partial charge in [0.05, 0.1) is 5.69 Å². The topological polar surface area (TPSA) is 67.2 Å². The number of nitrogens with zero attached hydrogens (tertiary/aromatic N) is 3. The minimum atomic E-state index is -0.301. The van der Waals surface area contributed by atoms with Crippen molar-refractivity contribution >= 4 is 17.3 Å². The van der Waals surface area contributed by atoms with Gasteiger partial charge in [-0.1, -0.05) is 24.3 Å². The van der Waals surface area contributed by atoms with E-state index in [4.69, 9.17) is 0 Å². The van der Waals surface area contributed by atoms with Crippen LogP contribution in [-0.2, 0) is 11.3 Å². The number of carbonyl (C=O) groups is 1. The third kappa shape index (κ3) is 5.02. The highest BCUT2D eigenvalue weighted by molar-refractivity contribution is 5.91. The Morgan fingerprint density at radius 2 is 1.71 bits per heavy atom. The molecule has 0 unspecified atom stereocenters. The number of rotatable bonds is 5. The van der Waals surface area contributed by atoms with E-state index < -0.39 is 0 Å². The molecule has 1 aromatic heterocycles. The van der Waals surface area contributed by atoms with Crippen LogP contribution in [0.1, 0.15) is 30.4 Å². The van der Waals surface area contributed by atoms with Gasteiger partial charge in [-0.3, -0.25) is 9.59 Å². The average molecular weight is 417 g/mol. The molecule has 0 atom stereocenters. The number of carbonyl (C=O) groups excluding carboxylic acids is 1. The lowest BCUT2D eigenvalue weighted by molar-refractivity contribution is -0.117. The van der Waals surface area contributed by atoms with Crippen LogP contribution in [0.3, 0.4) is 0 Å². The SMILES string of the molecule is Cc1ccc(C)c(NC(=O)Cn2nc(-c3ccc(N4CCCCC4)cc3)ccc2=O)c1. The zero-order valence-corrected chi connectivity index (χ0v) is 18.1. The molecule has 2 aromatic carbocycles. The lowest BCUT2D eigenvalue weighted by Gasteiger charge is -2.28. The minimum Gasteiger partial charge on any atom is -0.372 e.